The Balaban J connectivity index is 2.37. The zero-order valence-corrected chi connectivity index (χ0v) is 13.0. The molecule has 0 spiro atoms. The van der Waals surface area contributed by atoms with Crippen molar-refractivity contribution in [2.24, 2.45) is 0 Å². The minimum atomic E-state index is -0.825. The largest absolute Gasteiger partial charge is 0.394 e. The number of imidazole rings is 2. The molecule has 3 N–H and O–H groups in total. The Bertz CT molecular complexity index is 703. The summed E-state index contributed by atoms with van der Waals surface area (Å²) in [5, 5.41) is 10.4. The van der Waals surface area contributed by atoms with Crippen molar-refractivity contribution in [2.45, 2.75) is 26.2 Å². The minimum Gasteiger partial charge on any atom is -0.394 e. The Kier molecular flexibility index (Phi) is 3.58. The predicted octanol–water partition coefficient (Wildman–Crippen LogP) is 2.38. The molecule has 0 bridgehead atoms. The van der Waals surface area contributed by atoms with Crippen LogP contribution in [0.5, 0.6) is 0 Å². The third-order valence-corrected chi connectivity index (χ3v) is 4.15. The summed E-state index contributed by atoms with van der Waals surface area (Å²) >= 11 is 0. The maximum Gasteiger partial charge on any atom is 0.134 e. The number of aryl methyl sites for hydroxylation is 3. The second-order valence-corrected chi connectivity index (χ2v) is 5.71. The number of nitrogens with one attached hydrogen (secondary N) is 2. The lowest BCUT2D eigenvalue weighted by atomic mass is 9.74. The molecule has 0 fully saturated rings. The van der Waals surface area contributed by atoms with Gasteiger partial charge in [0.05, 0.1) is 6.61 Å². The van der Waals surface area contributed by atoms with Crippen LogP contribution in [-0.2, 0) is 5.41 Å². The van der Waals surface area contributed by atoms with Crippen molar-refractivity contribution in [3.8, 4) is 0 Å². The number of aliphatic hydroxyl groups is 1. The summed E-state index contributed by atoms with van der Waals surface area (Å²) in [7, 11) is 0. The van der Waals surface area contributed by atoms with E-state index in [1.165, 1.54) is 5.56 Å². The number of nitrogens with zero attached hydrogens (tertiary/aromatic N) is 2. The molecule has 0 saturated heterocycles. The molecule has 114 valence electrons. The Labute approximate surface area is 129 Å². The SMILES string of the molecule is Cc1cc(C)c(C(CO)(c2ncc[nH]2)c2ncc[nH]2)c(C)c1. The van der Waals surface area contributed by atoms with Gasteiger partial charge in [-0.2, -0.15) is 0 Å². The molecule has 0 aliphatic rings. The summed E-state index contributed by atoms with van der Waals surface area (Å²) < 4.78 is 0. The van der Waals surface area contributed by atoms with E-state index in [9.17, 15) is 5.11 Å². The van der Waals surface area contributed by atoms with Crippen molar-refractivity contribution in [3.63, 3.8) is 0 Å². The Morgan fingerprint density at radius 2 is 1.45 bits per heavy atom. The summed E-state index contributed by atoms with van der Waals surface area (Å²) in [5.74, 6) is 1.36. The van der Waals surface area contributed by atoms with Crippen LogP contribution in [0.4, 0.5) is 0 Å². The van der Waals surface area contributed by atoms with Gasteiger partial charge in [0.25, 0.3) is 0 Å². The van der Waals surface area contributed by atoms with E-state index in [1.54, 1.807) is 24.8 Å². The summed E-state index contributed by atoms with van der Waals surface area (Å²) in [6.07, 6.45) is 6.92. The number of aromatic amines is 2. The van der Waals surface area contributed by atoms with Crippen LogP contribution in [0.15, 0.2) is 36.9 Å². The Morgan fingerprint density at radius 3 is 1.82 bits per heavy atom. The zero-order valence-electron chi connectivity index (χ0n) is 13.0. The van der Waals surface area contributed by atoms with Crippen LogP contribution in [0.2, 0.25) is 0 Å². The van der Waals surface area contributed by atoms with Crippen molar-refractivity contribution >= 4 is 0 Å². The molecule has 22 heavy (non-hydrogen) atoms. The first-order valence-corrected chi connectivity index (χ1v) is 7.28. The van der Waals surface area contributed by atoms with E-state index in [2.05, 4.69) is 52.8 Å². The zero-order chi connectivity index (χ0) is 15.7. The van der Waals surface area contributed by atoms with E-state index < -0.39 is 5.41 Å². The first-order chi connectivity index (χ1) is 10.6. The number of H-pyrrole nitrogens is 2. The standard InChI is InChI=1S/C17H20N4O/c1-11-8-12(2)14(13(3)9-11)17(10-22,15-18-4-5-19-15)16-20-6-7-21-16/h4-9,22H,10H2,1-3H3,(H,18,19)(H,20,21). The van der Waals surface area contributed by atoms with Gasteiger partial charge in [-0.25, -0.2) is 9.97 Å². The molecule has 5 heteroatoms. The Hall–Kier alpha value is -2.40. The van der Waals surface area contributed by atoms with Crippen molar-refractivity contribution < 1.29 is 5.11 Å². The molecule has 0 atom stereocenters. The van der Waals surface area contributed by atoms with Gasteiger partial charge in [0.2, 0.25) is 0 Å². The highest BCUT2D eigenvalue weighted by atomic mass is 16.3. The van der Waals surface area contributed by atoms with Crippen molar-refractivity contribution in [2.75, 3.05) is 6.61 Å². The van der Waals surface area contributed by atoms with Gasteiger partial charge in [-0.15, -0.1) is 0 Å². The summed E-state index contributed by atoms with van der Waals surface area (Å²) in [5.41, 5.74) is 3.63. The van der Waals surface area contributed by atoms with E-state index in [1.807, 2.05) is 0 Å². The lowest BCUT2D eigenvalue weighted by molar-refractivity contribution is 0.231. The number of aromatic nitrogens is 4. The normalized spacial score (nSPS) is 11.8. The fraction of sp³-hybridized carbons (Fsp3) is 0.294. The van der Waals surface area contributed by atoms with E-state index in [0.29, 0.717) is 11.6 Å². The third kappa shape index (κ3) is 2.05. The summed E-state index contributed by atoms with van der Waals surface area (Å²) in [6.45, 7) is 6.07. The average Bonchev–Trinajstić information content (AvgIpc) is 3.15. The Morgan fingerprint density at radius 1 is 0.955 bits per heavy atom. The van der Waals surface area contributed by atoms with Crippen LogP contribution < -0.4 is 0 Å². The molecule has 0 aliphatic carbocycles. The maximum atomic E-state index is 10.4. The lowest BCUT2D eigenvalue weighted by Gasteiger charge is -2.32. The third-order valence-electron chi connectivity index (χ3n) is 4.15. The van der Waals surface area contributed by atoms with Gasteiger partial charge in [0.1, 0.15) is 17.1 Å². The first-order valence-electron chi connectivity index (χ1n) is 7.28. The second-order valence-electron chi connectivity index (χ2n) is 5.71. The molecule has 0 aliphatic heterocycles. The van der Waals surface area contributed by atoms with Gasteiger partial charge in [-0.3, -0.25) is 0 Å². The van der Waals surface area contributed by atoms with Gasteiger partial charge in [-0.05, 0) is 37.5 Å². The number of rotatable bonds is 4. The molecular weight excluding hydrogens is 276 g/mol. The maximum absolute atomic E-state index is 10.4. The molecule has 1 aromatic carbocycles. The van der Waals surface area contributed by atoms with Gasteiger partial charge < -0.3 is 15.1 Å². The number of benzene rings is 1. The van der Waals surface area contributed by atoms with Crippen LogP contribution in [0.3, 0.4) is 0 Å². The lowest BCUT2D eigenvalue weighted by Crippen LogP contribution is -2.37. The molecule has 5 nitrogen and oxygen atoms in total. The molecule has 2 heterocycles. The fourth-order valence-corrected chi connectivity index (χ4v) is 3.43. The first kappa shape index (κ1) is 14.5. The molecular formula is C17H20N4O. The molecule has 3 aromatic rings. The second kappa shape index (κ2) is 5.42. The van der Waals surface area contributed by atoms with Crippen molar-refractivity contribution in [1.82, 2.24) is 19.9 Å². The van der Waals surface area contributed by atoms with Crippen LogP contribution in [0, 0.1) is 20.8 Å². The van der Waals surface area contributed by atoms with Crippen LogP contribution in [-0.4, -0.2) is 31.6 Å². The highest BCUT2D eigenvalue weighted by molar-refractivity contribution is 5.51. The number of hydrogen-bond donors (Lipinski definition) is 3. The molecule has 3 rings (SSSR count). The molecule has 0 amide bonds. The van der Waals surface area contributed by atoms with Gasteiger partial charge >= 0.3 is 0 Å². The molecule has 2 aromatic heterocycles. The summed E-state index contributed by atoms with van der Waals surface area (Å²) in [4.78, 5) is 15.1. The predicted molar refractivity (Wildman–Crippen MR) is 84.8 cm³/mol. The van der Waals surface area contributed by atoms with Gasteiger partial charge in [-0.1, -0.05) is 17.7 Å². The monoisotopic (exact) mass is 296 g/mol. The van der Waals surface area contributed by atoms with Crippen molar-refractivity contribution in [1.29, 1.82) is 0 Å². The smallest absolute Gasteiger partial charge is 0.134 e. The quantitative estimate of drug-likeness (QED) is 0.692. The van der Waals surface area contributed by atoms with Crippen LogP contribution in [0.1, 0.15) is 33.9 Å². The van der Waals surface area contributed by atoms with Gasteiger partial charge in [0, 0.05) is 24.8 Å². The highest BCUT2D eigenvalue weighted by Crippen LogP contribution is 2.39. The van der Waals surface area contributed by atoms with Gasteiger partial charge in [0.15, 0.2) is 0 Å². The topological polar surface area (TPSA) is 77.6 Å². The average molecular weight is 296 g/mol. The van der Waals surface area contributed by atoms with Crippen LogP contribution in [0.25, 0.3) is 0 Å². The van der Waals surface area contributed by atoms with E-state index in [4.69, 9.17) is 0 Å². The van der Waals surface area contributed by atoms with Crippen LogP contribution >= 0.6 is 0 Å². The van der Waals surface area contributed by atoms with Crippen molar-refractivity contribution in [3.05, 3.63) is 70.8 Å². The molecule has 0 saturated carbocycles. The van der Waals surface area contributed by atoms with E-state index in [0.717, 1.165) is 16.7 Å². The fourth-order valence-electron chi connectivity index (χ4n) is 3.43. The number of hydrogen-bond acceptors (Lipinski definition) is 3. The molecule has 0 radical (unpaired) electrons. The van der Waals surface area contributed by atoms with E-state index >= 15 is 0 Å². The minimum absolute atomic E-state index is 0.126. The number of aliphatic hydroxyl groups excluding tert-OH is 1. The van der Waals surface area contributed by atoms with E-state index in [-0.39, 0.29) is 6.61 Å². The summed E-state index contributed by atoms with van der Waals surface area (Å²) in [6, 6.07) is 4.25. The molecule has 0 unspecified atom stereocenters. The highest BCUT2D eigenvalue weighted by Gasteiger charge is 2.43.